The molecule has 1 aromatic heterocycles. The summed E-state index contributed by atoms with van der Waals surface area (Å²) < 4.78 is 0. The Kier molecular flexibility index (Phi) is 4.91. The average molecular weight is 399 g/mol. The molecule has 0 fully saturated rings. The van der Waals surface area contributed by atoms with Gasteiger partial charge in [-0.15, -0.1) is 0 Å². The van der Waals surface area contributed by atoms with Crippen LogP contribution >= 0.6 is 0 Å². The number of hydrogen-bond acceptors (Lipinski definition) is 4. The van der Waals surface area contributed by atoms with Crippen molar-refractivity contribution in [2.45, 2.75) is 25.7 Å². The maximum atomic E-state index is 11.7. The van der Waals surface area contributed by atoms with Crippen molar-refractivity contribution in [2.75, 3.05) is 5.32 Å². The number of fused-ring (bicyclic) bond motifs is 1. The lowest BCUT2D eigenvalue weighted by atomic mass is 9.72. The van der Waals surface area contributed by atoms with Crippen LogP contribution in [0.15, 0.2) is 61.2 Å². The van der Waals surface area contributed by atoms with E-state index >= 15 is 0 Å². The van der Waals surface area contributed by atoms with Crippen molar-refractivity contribution in [1.82, 2.24) is 9.97 Å². The topological polar surface area (TPSA) is 92.2 Å². The van der Waals surface area contributed by atoms with Gasteiger partial charge in [-0.2, -0.15) is 0 Å². The summed E-state index contributed by atoms with van der Waals surface area (Å²) in [4.78, 5) is 31.1. The summed E-state index contributed by atoms with van der Waals surface area (Å²) in [6, 6.07) is 11.1. The number of nitrogens with zero attached hydrogens (tertiary/aromatic N) is 2. The summed E-state index contributed by atoms with van der Waals surface area (Å²) in [6.45, 7) is 4.40. The van der Waals surface area contributed by atoms with E-state index in [4.69, 9.17) is 0 Å². The molecule has 150 valence electrons. The Balaban J connectivity index is 1.93. The van der Waals surface area contributed by atoms with E-state index in [-0.39, 0.29) is 16.7 Å². The van der Waals surface area contributed by atoms with Crippen molar-refractivity contribution in [3.63, 3.8) is 0 Å². The molecular formula is C24H21N3O3. The molecule has 0 unspecified atom stereocenters. The summed E-state index contributed by atoms with van der Waals surface area (Å²) >= 11 is 0. The summed E-state index contributed by atoms with van der Waals surface area (Å²) in [5, 5.41) is 12.1. The van der Waals surface area contributed by atoms with E-state index in [0.29, 0.717) is 12.0 Å². The number of aromatic nitrogens is 2. The molecule has 1 aliphatic carbocycles. The molecule has 0 aliphatic heterocycles. The number of amides is 1. The molecule has 0 radical (unpaired) electrons. The van der Waals surface area contributed by atoms with E-state index in [1.54, 1.807) is 18.5 Å². The predicted molar refractivity (Wildman–Crippen MR) is 115 cm³/mol. The van der Waals surface area contributed by atoms with Gasteiger partial charge in [-0.25, -0.2) is 14.8 Å². The van der Waals surface area contributed by atoms with Crippen LogP contribution in [-0.2, 0) is 10.2 Å². The Labute approximate surface area is 174 Å². The maximum absolute atomic E-state index is 11.7. The minimum Gasteiger partial charge on any atom is -0.478 e. The monoisotopic (exact) mass is 399 g/mol. The first-order valence-electron chi connectivity index (χ1n) is 9.59. The second-order valence-corrected chi connectivity index (χ2v) is 7.89. The minimum absolute atomic E-state index is 0.0419. The van der Waals surface area contributed by atoms with Gasteiger partial charge in [0.1, 0.15) is 6.33 Å². The van der Waals surface area contributed by atoms with Gasteiger partial charge < -0.3 is 10.4 Å². The van der Waals surface area contributed by atoms with E-state index in [1.807, 2.05) is 18.2 Å². The summed E-state index contributed by atoms with van der Waals surface area (Å²) in [7, 11) is 0. The van der Waals surface area contributed by atoms with Gasteiger partial charge in [0.25, 0.3) is 0 Å². The molecule has 2 aromatic carbocycles. The van der Waals surface area contributed by atoms with Crippen LogP contribution in [0.1, 0.15) is 47.3 Å². The Morgan fingerprint density at radius 1 is 1.10 bits per heavy atom. The normalized spacial score (nSPS) is 14.4. The third kappa shape index (κ3) is 3.37. The van der Waals surface area contributed by atoms with E-state index in [9.17, 15) is 14.7 Å². The van der Waals surface area contributed by atoms with Crippen LogP contribution in [0.4, 0.5) is 5.69 Å². The van der Waals surface area contributed by atoms with Crippen molar-refractivity contribution in [3.05, 3.63) is 83.4 Å². The van der Waals surface area contributed by atoms with E-state index in [0.717, 1.165) is 28.7 Å². The standard InChI is InChI=1S/C24H21N3O3/c1-24(2)9-8-17(16-11-25-13-26-12-16)20-10-15(6-7-21(20)24)18-4-3-5-19(23(29)30)22(18)27-14-28/h3-8,10-14H,9H2,1-2H3,(H,27,28)(H,29,30). The second kappa shape index (κ2) is 7.55. The molecule has 3 aromatic rings. The quantitative estimate of drug-likeness (QED) is 0.615. The molecule has 0 saturated heterocycles. The van der Waals surface area contributed by atoms with Crippen LogP contribution in [0.3, 0.4) is 0 Å². The summed E-state index contributed by atoms with van der Waals surface area (Å²) in [5.41, 5.74) is 5.98. The zero-order valence-corrected chi connectivity index (χ0v) is 16.7. The van der Waals surface area contributed by atoms with Crippen LogP contribution in [0.2, 0.25) is 0 Å². The van der Waals surface area contributed by atoms with Gasteiger partial charge >= 0.3 is 5.97 Å². The van der Waals surface area contributed by atoms with Crippen molar-refractivity contribution in [3.8, 4) is 11.1 Å². The van der Waals surface area contributed by atoms with Crippen LogP contribution in [-0.4, -0.2) is 27.5 Å². The number of anilines is 1. The summed E-state index contributed by atoms with van der Waals surface area (Å²) in [6.07, 6.45) is 8.66. The molecule has 2 N–H and O–H groups in total. The Morgan fingerprint density at radius 2 is 1.87 bits per heavy atom. The highest BCUT2D eigenvalue weighted by atomic mass is 16.4. The van der Waals surface area contributed by atoms with Crippen molar-refractivity contribution in [1.29, 1.82) is 0 Å². The Hall–Kier alpha value is -3.80. The number of para-hydroxylation sites is 1. The zero-order chi connectivity index (χ0) is 21.3. The molecule has 30 heavy (non-hydrogen) atoms. The number of carbonyl (C=O) groups excluding carboxylic acids is 1. The fourth-order valence-electron chi connectivity index (χ4n) is 4.00. The highest BCUT2D eigenvalue weighted by Gasteiger charge is 2.29. The highest BCUT2D eigenvalue weighted by Crippen LogP contribution is 2.43. The average Bonchev–Trinajstić information content (AvgIpc) is 2.74. The third-order valence-electron chi connectivity index (χ3n) is 5.54. The number of benzene rings is 2. The number of allylic oxidation sites excluding steroid dienone is 1. The van der Waals surface area contributed by atoms with Crippen LogP contribution in [0.5, 0.6) is 0 Å². The van der Waals surface area contributed by atoms with Gasteiger partial charge in [0.2, 0.25) is 6.41 Å². The molecule has 1 amide bonds. The van der Waals surface area contributed by atoms with Crippen LogP contribution in [0.25, 0.3) is 16.7 Å². The van der Waals surface area contributed by atoms with E-state index in [2.05, 4.69) is 41.3 Å². The smallest absolute Gasteiger partial charge is 0.337 e. The highest BCUT2D eigenvalue weighted by molar-refractivity contribution is 6.02. The largest absolute Gasteiger partial charge is 0.478 e. The van der Waals surface area contributed by atoms with Gasteiger partial charge in [-0.1, -0.05) is 44.2 Å². The van der Waals surface area contributed by atoms with Gasteiger partial charge in [-0.05, 0) is 46.2 Å². The van der Waals surface area contributed by atoms with Gasteiger partial charge in [-0.3, -0.25) is 4.79 Å². The molecule has 0 spiro atoms. The van der Waals surface area contributed by atoms with Crippen molar-refractivity contribution >= 4 is 23.6 Å². The number of nitrogens with one attached hydrogen (secondary N) is 1. The lowest BCUT2D eigenvalue weighted by Gasteiger charge is -2.32. The van der Waals surface area contributed by atoms with Gasteiger partial charge in [0, 0.05) is 23.5 Å². The first kappa shape index (κ1) is 19.5. The lowest BCUT2D eigenvalue weighted by Crippen LogP contribution is -2.22. The number of hydrogen-bond donors (Lipinski definition) is 2. The third-order valence-corrected chi connectivity index (χ3v) is 5.54. The molecule has 4 rings (SSSR count). The second-order valence-electron chi connectivity index (χ2n) is 7.89. The van der Waals surface area contributed by atoms with Gasteiger partial charge in [0.15, 0.2) is 0 Å². The molecule has 6 heteroatoms. The van der Waals surface area contributed by atoms with Crippen molar-refractivity contribution in [2.24, 2.45) is 0 Å². The first-order valence-corrected chi connectivity index (χ1v) is 9.59. The molecule has 6 nitrogen and oxygen atoms in total. The van der Waals surface area contributed by atoms with Gasteiger partial charge in [0.05, 0.1) is 11.3 Å². The predicted octanol–water partition coefficient (Wildman–Crippen LogP) is 4.52. The van der Waals surface area contributed by atoms with Crippen LogP contribution < -0.4 is 5.32 Å². The van der Waals surface area contributed by atoms with E-state index < -0.39 is 5.97 Å². The molecule has 1 aliphatic rings. The minimum atomic E-state index is -1.10. The number of carbonyl (C=O) groups is 2. The van der Waals surface area contributed by atoms with E-state index in [1.165, 1.54) is 18.0 Å². The zero-order valence-electron chi connectivity index (χ0n) is 16.7. The number of carboxylic acid groups (broad SMARTS) is 1. The lowest BCUT2D eigenvalue weighted by molar-refractivity contribution is -0.105. The Morgan fingerprint density at radius 3 is 2.57 bits per heavy atom. The number of aromatic carboxylic acids is 1. The fourth-order valence-corrected chi connectivity index (χ4v) is 4.00. The van der Waals surface area contributed by atoms with Crippen LogP contribution in [0, 0.1) is 0 Å². The number of carboxylic acids is 1. The fraction of sp³-hybridized carbons (Fsp3) is 0.167. The molecule has 1 heterocycles. The maximum Gasteiger partial charge on any atom is 0.337 e. The Bertz CT molecular complexity index is 1170. The SMILES string of the molecule is CC1(C)CC=C(c2cncnc2)c2cc(-c3cccc(C(=O)O)c3NC=O)ccc21. The van der Waals surface area contributed by atoms with Crippen molar-refractivity contribution < 1.29 is 14.7 Å². The molecule has 0 saturated carbocycles. The summed E-state index contributed by atoms with van der Waals surface area (Å²) in [5.74, 6) is -1.10. The number of rotatable bonds is 5. The molecule has 0 atom stereocenters. The molecule has 0 bridgehead atoms. The first-order chi connectivity index (χ1) is 14.4. The molecular weight excluding hydrogens is 378 g/mol.